The van der Waals surface area contributed by atoms with E-state index in [9.17, 15) is 19.2 Å². The number of carbonyl (C=O) groups is 2. The van der Waals surface area contributed by atoms with E-state index in [0.29, 0.717) is 25.9 Å². The number of hydrogen-bond acceptors (Lipinski definition) is 4. The van der Waals surface area contributed by atoms with Gasteiger partial charge in [0.05, 0.1) is 8.95 Å². The summed E-state index contributed by atoms with van der Waals surface area (Å²) in [5, 5.41) is 11.8. The molecule has 0 saturated heterocycles. The Morgan fingerprint density at radius 2 is 1.81 bits per heavy atom. The molecule has 0 atom stereocenters. The molecule has 2 rings (SSSR count). The fraction of sp³-hybridized carbons (Fsp3) is 0.0556. The van der Waals surface area contributed by atoms with Crippen LogP contribution >= 0.6 is 31.9 Å². The fourth-order valence-corrected chi connectivity index (χ4v) is 3.44. The first-order valence-electron chi connectivity index (χ1n) is 7.39. The van der Waals surface area contributed by atoms with Crippen LogP contribution in [0, 0.1) is 17.1 Å². The molecule has 0 heterocycles. The molecule has 2 aromatic carbocycles. The van der Waals surface area contributed by atoms with Gasteiger partial charge in [-0.3, -0.25) is 9.59 Å². The molecule has 9 heteroatoms. The molecule has 138 valence electrons. The van der Waals surface area contributed by atoms with Crippen LogP contribution in [0.25, 0.3) is 6.08 Å². The highest BCUT2D eigenvalue weighted by molar-refractivity contribution is 9.11. The fourth-order valence-electron chi connectivity index (χ4n) is 1.99. The number of nitrogens with one attached hydrogen (secondary N) is 1. The lowest BCUT2D eigenvalue weighted by Crippen LogP contribution is -2.20. The largest absolute Gasteiger partial charge is 0.481 e. The van der Waals surface area contributed by atoms with Crippen LogP contribution in [0.1, 0.15) is 5.56 Å². The van der Waals surface area contributed by atoms with Gasteiger partial charge in [-0.15, -0.1) is 0 Å². The molecule has 0 spiro atoms. The molecule has 0 unspecified atom stereocenters. The lowest BCUT2D eigenvalue weighted by Gasteiger charge is -2.10. The molecule has 3 N–H and O–H groups in total. The van der Waals surface area contributed by atoms with E-state index in [-0.39, 0.29) is 12.2 Å². The lowest BCUT2D eigenvalue weighted by atomic mass is 10.1. The summed E-state index contributed by atoms with van der Waals surface area (Å²) in [6, 6.07) is 10.2. The highest BCUT2D eigenvalue weighted by atomic mass is 79.9. The van der Waals surface area contributed by atoms with Gasteiger partial charge >= 0.3 is 0 Å². The monoisotopic (exact) mass is 495 g/mol. The average molecular weight is 497 g/mol. The molecule has 27 heavy (non-hydrogen) atoms. The van der Waals surface area contributed by atoms with Crippen molar-refractivity contribution in [3.63, 3.8) is 0 Å². The first kappa shape index (κ1) is 20.6. The third-order valence-electron chi connectivity index (χ3n) is 3.16. The number of primary amides is 1. The SMILES string of the molecule is N#C/C(=C\c1cc(Br)c(OCC(N)=O)c(Br)c1)C(=O)Nc1ccc(F)cc1. The molecule has 0 aliphatic rings. The number of halogens is 3. The maximum absolute atomic E-state index is 12.9. The zero-order valence-electron chi connectivity index (χ0n) is 13.6. The van der Waals surface area contributed by atoms with Crippen molar-refractivity contribution in [2.24, 2.45) is 5.73 Å². The molecular weight excluding hydrogens is 485 g/mol. The molecule has 2 aromatic rings. The van der Waals surface area contributed by atoms with Crippen molar-refractivity contribution in [1.29, 1.82) is 5.26 Å². The Morgan fingerprint density at radius 3 is 2.33 bits per heavy atom. The third kappa shape index (κ3) is 5.91. The molecule has 2 amide bonds. The minimum atomic E-state index is -0.634. The van der Waals surface area contributed by atoms with Crippen molar-refractivity contribution in [2.45, 2.75) is 0 Å². The molecule has 0 bridgehead atoms. The predicted molar refractivity (Wildman–Crippen MR) is 105 cm³/mol. The maximum Gasteiger partial charge on any atom is 0.266 e. The second-order valence-corrected chi connectivity index (χ2v) is 6.91. The number of nitrogens with two attached hydrogens (primary N) is 1. The van der Waals surface area contributed by atoms with Gasteiger partial charge in [-0.25, -0.2) is 4.39 Å². The topological polar surface area (TPSA) is 105 Å². The Balaban J connectivity index is 2.23. The highest BCUT2D eigenvalue weighted by Gasteiger charge is 2.13. The number of anilines is 1. The van der Waals surface area contributed by atoms with Crippen molar-refractivity contribution < 1.29 is 18.7 Å². The second kappa shape index (κ2) is 9.30. The first-order valence-corrected chi connectivity index (χ1v) is 8.97. The van der Waals surface area contributed by atoms with Gasteiger partial charge < -0.3 is 15.8 Å². The van der Waals surface area contributed by atoms with Gasteiger partial charge in [-0.05, 0) is 79.9 Å². The Hall–Kier alpha value is -2.70. The van der Waals surface area contributed by atoms with Gasteiger partial charge in [0.15, 0.2) is 6.61 Å². The first-order chi connectivity index (χ1) is 12.8. The van der Waals surface area contributed by atoms with Crippen LogP contribution in [0.15, 0.2) is 50.9 Å². The highest BCUT2D eigenvalue weighted by Crippen LogP contribution is 2.35. The third-order valence-corrected chi connectivity index (χ3v) is 4.34. The summed E-state index contributed by atoms with van der Waals surface area (Å²) in [5.41, 5.74) is 5.80. The summed E-state index contributed by atoms with van der Waals surface area (Å²) >= 11 is 6.60. The minimum Gasteiger partial charge on any atom is -0.481 e. The van der Waals surface area contributed by atoms with E-state index in [2.05, 4.69) is 37.2 Å². The smallest absolute Gasteiger partial charge is 0.266 e. The van der Waals surface area contributed by atoms with E-state index in [4.69, 9.17) is 10.5 Å². The number of rotatable bonds is 6. The molecule has 0 aliphatic carbocycles. The molecule has 0 fully saturated rings. The van der Waals surface area contributed by atoms with Crippen molar-refractivity contribution in [2.75, 3.05) is 11.9 Å². The summed E-state index contributed by atoms with van der Waals surface area (Å²) in [6.07, 6.45) is 1.38. The summed E-state index contributed by atoms with van der Waals surface area (Å²) in [5.74, 6) is -1.33. The van der Waals surface area contributed by atoms with E-state index in [1.807, 2.05) is 6.07 Å². The van der Waals surface area contributed by atoms with Crippen LogP contribution in [0.2, 0.25) is 0 Å². The minimum absolute atomic E-state index is 0.149. The summed E-state index contributed by atoms with van der Waals surface area (Å²) in [4.78, 5) is 23.1. The predicted octanol–water partition coefficient (Wildman–Crippen LogP) is 3.76. The van der Waals surface area contributed by atoms with E-state index >= 15 is 0 Å². The number of nitriles is 1. The normalized spacial score (nSPS) is 10.8. The van der Waals surface area contributed by atoms with Crippen LogP contribution in [-0.2, 0) is 9.59 Å². The van der Waals surface area contributed by atoms with E-state index in [0.717, 1.165) is 0 Å². The number of benzene rings is 2. The quantitative estimate of drug-likeness (QED) is 0.469. The Bertz CT molecular complexity index is 930. The van der Waals surface area contributed by atoms with Crippen LogP contribution in [0.4, 0.5) is 10.1 Å². The molecule has 0 aliphatic heterocycles. The van der Waals surface area contributed by atoms with Gasteiger partial charge in [0.2, 0.25) is 0 Å². The molecule has 0 radical (unpaired) electrons. The van der Waals surface area contributed by atoms with E-state index < -0.39 is 17.6 Å². The lowest BCUT2D eigenvalue weighted by molar-refractivity contribution is -0.120. The van der Waals surface area contributed by atoms with Crippen molar-refractivity contribution in [3.8, 4) is 11.8 Å². The molecular formula is C18H12Br2FN3O3. The van der Waals surface area contributed by atoms with Gasteiger partial charge in [-0.2, -0.15) is 5.26 Å². The summed E-state index contributed by atoms with van der Waals surface area (Å²) in [7, 11) is 0. The Morgan fingerprint density at radius 1 is 1.22 bits per heavy atom. The number of carbonyl (C=O) groups excluding carboxylic acids is 2. The second-order valence-electron chi connectivity index (χ2n) is 5.20. The van der Waals surface area contributed by atoms with Crippen molar-refractivity contribution >= 4 is 55.4 Å². The Labute approximate surface area is 171 Å². The van der Waals surface area contributed by atoms with Gasteiger partial charge in [0.1, 0.15) is 23.2 Å². The van der Waals surface area contributed by atoms with E-state index in [1.54, 1.807) is 12.1 Å². The molecule has 0 aromatic heterocycles. The molecule has 0 saturated carbocycles. The number of hydrogen-bond donors (Lipinski definition) is 2. The van der Waals surface area contributed by atoms with E-state index in [1.165, 1.54) is 30.3 Å². The zero-order valence-corrected chi connectivity index (χ0v) is 16.8. The van der Waals surface area contributed by atoms with Crippen molar-refractivity contribution in [3.05, 3.63) is 62.3 Å². The van der Waals surface area contributed by atoms with Gasteiger partial charge in [0, 0.05) is 5.69 Å². The van der Waals surface area contributed by atoms with Crippen LogP contribution < -0.4 is 15.8 Å². The van der Waals surface area contributed by atoms with Crippen molar-refractivity contribution in [1.82, 2.24) is 0 Å². The average Bonchev–Trinajstić information content (AvgIpc) is 2.60. The number of ether oxygens (including phenoxy) is 1. The summed E-state index contributed by atoms with van der Waals surface area (Å²) < 4.78 is 19.2. The Kier molecular flexibility index (Phi) is 7.10. The number of nitrogens with zero attached hydrogens (tertiary/aromatic N) is 1. The molecule has 6 nitrogen and oxygen atoms in total. The van der Waals surface area contributed by atoms with Crippen LogP contribution in [0.5, 0.6) is 5.75 Å². The summed E-state index contributed by atoms with van der Waals surface area (Å²) in [6.45, 7) is -0.296. The maximum atomic E-state index is 12.9. The van der Waals surface area contributed by atoms with Gasteiger partial charge in [-0.1, -0.05) is 0 Å². The van der Waals surface area contributed by atoms with Gasteiger partial charge in [0.25, 0.3) is 11.8 Å². The number of amides is 2. The van der Waals surface area contributed by atoms with Crippen LogP contribution in [0.3, 0.4) is 0 Å². The van der Waals surface area contributed by atoms with Crippen LogP contribution in [-0.4, -0.2) is 18.4 Å². The standard InChI is InChI=1S/C18H12Br2FN3O3/c19-14-6-10(7-15(20)17(14)27-9-16(23)25)5-11(8-22)18(26)24-13-3-1-12(21)2-4-13/h1-7H,9H2,(H2,23,25)(H,24,26)/b11-5+. The zero-order chi connectivity index (χ0) is 20.0.